The van der Waals surface area contributed by atoms with Crippen LogP contribution in [0.15, 0.2) is 58.4 Å². The molecule has 2 aromatic rings. The number of nitrogens with zero attached hydrogens (tertiary/aromatic N) is 1. The molecule has 1 saturated carbocycles. The van der Waals surface area contributed by atoms with Crippen molar-refractivity contribution in [2.24, 2.45) is 4.99 Å². The van der Waals surface area contributed by atoms with Gasteiger partial charge in [-0.2, -0.15) is 0 Å². The van der Waals surface area contributed by atoms with E-state index >= 15 is 0 Å². The highest BCUT2D eigenvalue weighted by atomic mass is 35.5. The summed E-state index contributed by atoms with van der Waals surface area (Å²) in [4.78, 5) is 17.8. The van der Waals surface area contributed by atoms with E-state index < -0.39 is 15.4 Å². The van der Waals surface area contributed by atoms with Crippen molar-refractivity contribution in [2.75, 3.05) is 11.9 Å². The molecule has 1 fully saturated rings. The average molecular weight is 460 g/mol. The molecule has 1 amide bonds. The highest BCUT2D eigenvalue weighted by Gasteiger charge is 2.41. The molecule has 4 rings (SSSR count). The smallest absolute Gasteiger partial charge is 0.262 e. The molecule has 2 aliphatic rings. The van der Waals surface area contributed by atoms with Gasteiger partial charge in [0.1, 0.15) is 5.84 Å². The molecule has 0 spiro atoms. The molecule has 2 N–H and O–H groups in total. The zero-order chi connectivity index (χ0) is 21.9. The number of hydrogen-bond acceptors (Lipinski definition) is 4. The molecule has 0 radical (unpaired) electrons. The minimum absolute atomic E-state index is 0.0975. The molecule has 0 bridgehead atoms. The quantitative estimate of drug-likeness (QED) is 0.682. The second-order valence-electron chi connectivity index (χ2n) is 8.17. The van der Waals surface area contributed by atoms with Crippen molar-refractivity contribution in [1.82, 2.24) is 4.72 Å². The van der Waals surface area contributed by atoms with E-state index in [1.54, 1.807) is 18.2 Å². The van der Waals surface area contributed by atoms with Crippen molar-refractivity contribution in [1.29, 1.82) is 0 Å². The van der Waals surface area contributed by atoms with Gasteiger partial charge in [-0.3, -0.25) is 14.5 Å². The summed E-state index contributed by atoms with van der Waals surface area (Å²) in [7, 11) is -3.75. The number of benzene rings is 2. The Kier molecular flexibility index (Phi) is 6.34. The number of anilines is 1. The molecule has 0 unspecified atom stereocenters. The number of nitrogens with one attached hydrogen (secondary N) is 2. The van der Waals surface area contributed by atoms with Crippen LogP contribution < -0.4 is 10.0 Å². The monoisotopic (exact) mass is 459 g/mol. The molecule has 164 valence electrons. The fraction of sp³-hybridized carbons (Fsp3) is 0.391. The molecule has 1 heterocycles. The maximum atomic E-state index is 13.5. The number of rotatable bonds is 5. The normalized spacial score (nSPS) is 18.3. The van der Waals surface area contributed by atoms with Gasteiger partial charge in [-0.25, -0.2) is 8.42 Å². The SMILES string of the molecule is O=C(Nc1cccc(S(=O)(=O)NC2=NCCC2)c1)C1(c2cccc(Cl)c2)CCCCC1. The van der Waals surface area contributed by atoms with Crippen LogP contribution in [0.2, 0.25) is 5.02 Å². The topological polar surface area (TPSA) is 87.6 Å². The highest BCUT2D eigenvalue weighted by Crippen LogP contribution is 2.41. The Morgan fingerprint density at radius 1 is 1.00 bits per heavy atom. The van der Waals surface area contributed by atoms with Crippen LogP contribution in [0, 0.1) is 0 Å². The first-order valence-corrected chi connectivity index (χ1v) is 12.5. The van der Waals surface area contributed by atoms with Gasteiger partial charge in [0.15, 0.2) is 0 Å². The molecular formula is C23H26ClN3O3S. The maximum absolute atomic E-state index is 13.5. The Balaban J connectivity index is 1.59. The second kappa shape index (κ2) is 9.01. The van der Waals surface area contributed by atoms with Crippen LogP contribution in [0.5, 0.6) is 0 Å². The summed E-state index contributed by atoms with van der Waals surface area (Å²) >= 11 is 6.22. The fourth-order valence-electron chi connectivity index (χ4n) is 4.42. The van der Waals surface area contributed by atoms with Gasteiger partial charge >= 0.3 is 0 Å². The van der Waals surface area contributed by atoms with Crippen molar-refractivity contribution in [2.45, 2.75) is 55.3 Å². The second-order valence-corrected chi connectivity index (χ2v) is 10.3. The number of amidine groups is 1. The maximum Gasteiger partial charge on any atom is 0.262 e. The lowest BCUT2D eigenvalue weighted by atomic mass is 9.68. The van der Waals surface area contributed by atoms with Crippen molar-refractivity contribution in [3.63, 3.8) is 0 Å². The van der Waals surface area contributed by atoms with Crippen molar-refractivity contribution in [3.05, 3.63) is 59.1 Å². The van der Waals surface area contributed by atoms with Crippen LogP contribution in [0.25, 0.3) is 0 Å². The van der Waals surface area contributed by atoms with E-state index in [4.69, 9.17) is 11.6 Å². The van der Waals surface area contributed by atoms with Crippen LogP contribution in [-0.2, 0) is 20.2 Å². The summed E-state index contributed by atoms with van der Waals surface area (Å²) in [6.45, 7) is 0.638. The lowest BCUT2D eigenvalue weighted by molar-refractivity contribution is -0.122. The molecule has 0 aromatic heterocycles. The van der Waals surface area contributed by atoms with Crippen LogP contribution >= 0.6 is 11.6 Å². The van der Waals surface area contributed by atoms with E-state index in [0.29, 0.717) is 29.5 Å². The van der Waals surface area contributed by atoms with Crippen LogP contribution in [0.1, 0.15) is 50.5 Å². The van der Waals surface area contributed by atoms with E-state index in [0.717, 1.165) is 44.1 Å². The standard InChI is InChI=1S/C23H26ClN3O3S/c24-18-8-4-7-17(15-18)23(12-2-1-3-13-23)22(28)26-19-9-5-10-20(16-19)31(29,30)27-21-11-6-14-25-21/h4-5,7-10,15-16H,1-3,6,11-14H2,(H,25,27)(H,26,28). The van der Waals surface area contributed by atoms with Crippen LogP contribution in [0.4, 0.5) is 5.69 Å². The lowest BCUT2D eigenvalue weighted by Crippen LogP contribution is -2.42. The third-order valence-corrected chi connectivity index (χ3v) is 7.66. The average Bonchev–Trinajstić information content (AvgIpc) is 3.27. The number of carbonyl (C=O) groups is 1. The number of hydrogen-bond donors (Lipinski definition) is 2. The van der Waals surface area contributed by atoms with Crippen molar-refractivity contribution < 1.29 is 13.2 Å². The molecule has 0 atom stereocenters. The molecule has 1 aliphatic carbocycles. The van der Waals surface area contributed by atoms with E-state index in [-0.39, 0.29) is 10.8 Å². The molecule has 31 heavy (non-hydrogen) atoms. The van der Waals surface area contributed by atoms with Gasteiger partial charge < -0.3 is 5.32 Å². The number of aliphatic imine (C=N–C) groups is 1. The minimum Gasteiger partial charge on any atom is -0.325 e. The van der Waals surface area contributed by atoms with E-state index in [2.05, 4.69) is 15.0 Å². The zero-order valence-electron chi connectivity index (χ0n) is 17.2. The first-order chi connectivity index (χ1) is 14.9. The number of amides is 1. The van der Waals surface area contributed by atoms with E-state index in [9.17, 15) is 13.2 Å². The number of sulfonamides is 1. The van der Waals surface area contributed by atoms with Gasteiger partial charge in [0.25, 0.3) is 10.0 Å². The first kappa shape index (κ1) is 21.8. The Morgan fingerprint density at radius 3 is 2.48 bits per heavy atom. The van der Waals surface area contributed by atoms with Crippen molar-refractivity contribution in [3.8, 4) is 0 Å². The van der Waals surface area contributed by atoms with Gasteiger partial charge in [0, 0.05) is 23.7 Å². The summed E-state index contributed by atoms with van der Waals surface area (Å²) in [5, 5.41) is 3.57. The lowest BCUT2D eigenvalue weighted by Gasteiger charge is -2.36. The summed E-state index contributed by atoms with van der Waals surface area (Å²) in [5.74, 6) is 0.355. The predicted molar refractivity (Wildman–Crippen MR) is 123 cm³/mol. The molecule has 0 saturated heterocycles. The van der Waals surface area contributed by atoms with Gasteiger partial charge in [-0.05, 0) is 55.2 Å². The van der Waals surface area contributed by atoms with Gasteiger partial charge in [-0.15, -0.1) is 0 Å². The van der Waals surface area contributed by atoms with Crippen molar-refractivity contribution >= 4 is 39.1 Å². The summed E-state index contributed by atoms with van der Waals surface area (Å²) in [6, 6.07) is 13.8. The Bertz CT molecular complexity index is 1110. The van der Waals surface area contributed by atoms with Gasteiger partial charge in [-0.1, -0.05) is 49.1 Å². The van der Waals surface area contributed by atoms with Crippen LogP contribution in [0.3, 0.4) is 0 Å². The Morgan fingerprint density at radius 2 is 1.77 bits per heavy atom. The third kappa shape index (κ3) is 4.77. The van der Waals surface area contributed by atoms with Gasteiger partial charge in [0.2, 0.25) is 5.91 Å². The molecule has 6 nitrogen and oxygen atoms in total. The molecule has 8 heteroatoms. The first-order valence-electron chi connectivity index (χ1n) is 10.6. The molecule has 1 aliphatic heterocycles. The van der Waals surface area contributed by atoms with E-state index in [1.807, 2.05) is 18.2 Å². The van der Waals surface area contributed by atoms with Gasteiger partial charge in [0.05, 0.1) is 10.3 Å². The number of carbonyl (C=O) groups excluding carboxylic acids is 1. The predicted octanol–water partition coefficient (Wildman–Crippen LogP) is 4.65. The summed E-state index contributed by atoms with van der Waals surface area (Å²) in [5.41, 5.74) is 0.685. The minimum atomic E-state index is -3.75. The summed E-state index contributed by atoms with van der Waals surface area (Å²) < 4.78 is 28.0. The Hall–Kier alpha value is -2.38. The largest absolute Gasteiger partial charge is 0.325 e. The number of halogens is 1. The van der Waals surface area contributed by atoms with Crippen LogP contribution in [-0.4, -0.2) is 26.7 Å². The Labute approximate surface area is 188 Å². The molecule has 2 aromatic carbocycles. The fourth-order valence-corrected chi connectivity index (χ4v) is 5.74. The summed E-state index contributed by atoms with van der Waals surface area (Å²) in [6.07, 6.45) is 5.95. The van der Waals surface area contributed by atoms with E-state index in [1.165, 1.54) is 12.1 Å². The third-order valence-electron chi connectivity index (χ3n) is 6.05. The highest BCUT2D eigenvalue weighted by molar-refractivity contribution is 7.90. The molecular weight excluding hydrogens is 434 g/mol. The zero-order valence-corrected chi connectivity index (χ0v) is 18.8.